The van der Waals surface area contributed by atoms with Crippen LogP contribution in [0.3, 0.4) is 0 Å². The molecular formula is C11H17N3OS. The third-order valence-corrected chi connectivity index (χ3v) is 2.39. The van der Waals surface area contributed by atoms with Crippen molar-refractivity contribution >= 4 is 23.0 Å². The van der Waals surface area contributed by atoms with Gasteiger partial charge in [0.1, 0.15) is 10.8 Å². The van der Waals surface area contributed by atoms with E-state index in [1.807, 2.05) is 19.9 Å². The molecule has 1 aromatic rings. The van der Waals surface area contributed by atoms with E-state index in [1.54, 1.807) is 7.11 Å². The Hall–Kier alpha value is -1.20. The van der Waals surface area contributed by atoms with Gasteiger partial charge >= 0.3 is 0 Å². The molecule has 1 aromatic heterocycles. The van der Waals surface area contributed by atoms with Crippen LogP contribution in [0.5, 0.6) is 0 Å². The first-order valence-electron chi connectivity index (χ1n) is 5.07. The number of thiocarbonyl (C=S) groups is 1. The van der Waals surface area contributed by atoms with Gasteiger partial charge in [-0.3, -0.25) is 0 Å². The predicted molar refractivity (Wildman–Crippen MR) is 70.0 cm³/mol. The van der Waals surface area contributed by atoms with E-state index < -0.39 is 0 Å². The fourth-order valence-electron chi connectivity index (χ4n) is 1.55. The number of nitrogens with two attached hydrogens (primary N) is 1. The van der Waals surface area contributed by atoms with Crippen LogP contribution in [0.2, 0.25) is 0 Å². The van der Waals surface area contributed by atoms with E-state index >= 15 is 0 Å². The zero-order chi connectivity index (χ0) is 12.1. The second-order valence-corrected chi connectivity index (χ2v) is 4.03. The standard InChI is InChI=1S/C11H17N3OS/c1-7-6-8(2)14-11(9(7)10(12)16)13-4-5-15-3/h6H,4-5H2,1-3H3,(H2,12,16)(H,13,14). The lowest BCUT2D eigenvalue weighted by molar-refractivity contribution is 0.210. The first-order chi connectivity index (χ1) is 7.56. The van der Waals surface area contributed by atoms with Crippen molar-refractivity contribution in [1.82, 2.24) is 4.98 Å². The Morgan fingerprint density at radius 3 is 2.81 bits per heavy atom. The Morgan fingerprint density at radius 1 is 1.56 bits per heavy atom. The highest BCUT2D eigenvalue weighted by Crippen LogP contribution is 2.18. The van der Waals surface area contributed by atoms with E-state index in [-0.39, 0.29) is 0 Å². The Bertz CT molecular complexity index is 393. The molecule has 3 N–H and O–H groups in total. The Labute approximate surface area is 101 Å². The van der Waals surface area contributed by atoms with Crippen LogP contribution in [0.1, 0.15) is 16.8 Å². The molecule has 0 bridgehead atoms. The minimum atomic E-state index is 0.366. The van der Waals surface area contributed by atoms with Crippen molar-refractivity contribution in [2.24, 2.45) is 5.73 Å². The number of hydrogen-bond donors (Lipinski definition) is 2. The van der Waals surface area contributed by atoms with E-state index in [1.165, 1.54) is 0 Å². The highest BCUT2D eigenvalue weighted by Gasteiger charge is 2.10. The van der Waals surface area contributed by atoms with E-state index in [0.29, 0.717) is 18.1 Å². The fraction of sp³-hybridized carbons (Fsp3) is 0.455. The number of nitrogens with zero attached hydrogens (tertiary/aromatic N) is 1. The molecule has 4 nitrogen and oxygen atoms in total. The fourth-order valence-corrected chi connectivity index (χ4v) is 1.80. The van der Waals surface area contributed by atoms with Crippen LogP contribution < -0.4 is 11.1 Å². The molecule has 1 rings (SSSR count). The zero-order valence-corrected chi connectivity index (χ0v) is 10.6. The maximum absolute atomic E-state index is 5.69. The van der Waals surface area contributed by atoms with Crippen LogP contribution in [0.25, 0.3) is 0 Å². The van der Waals surface area contributed by atoms with Gasteiger partial charge in [0.2, 0.25) is 0 Å². The summed E-state index contributed by atoms with van der Waals surface area (Å²) in [7, 11) is 1.66. The summed E-state index contributed by atoms with van der Waals surface area (Å²) in [5.41, 5.74) is 8.49. The molecule has 0 unspecified atom stereocenters. The zero-order valence-electron chi connectivity index (χ0n) is 9.83. The summed E-state index contributed by atoms with van der Waals surface area (Å²) >= 11 is 5.03. The number of anilines is 1. The van der Waals surface area contributed by atoms with E-state index in [2.05, 4.69) is 10.3 Å². The van der Waals surface area contributed by atoms with Gasteiger partial charge < -0.3 is 15.8 Å². The topological polar surface area (TPSA) is 60.2 Å². The molecule has 0 aromatic carbocycles. The molecule has 16 heavy (non-hydrogen) atoms. The van der Waals surface area contributed by atoms with Crippen molar-refractivity contribution in [3.63, 3.8) is 0 Å². The lowest BCUT2D eigenvalue weighted by atomic mass is 10.1. The molecule has 0 fully saturated rings. The molecule has 0 aliphatic carbocycles. The summed E-state index contributed by atoms with van der Waals surface area (Å²) in [6, 6.07) is 1.97. The Morgan fingerprint density at radius 2 is 2.25 bits per heavy atom. The summed E-state index contributed by atoms with van der Waals surface area (Å²) < 4.78 is 4.97. The first kappa shape index (κ1) is 12.9. The first-order valence-corrected chi connectivity index (χ1v) is 5.48. The molecule has 0 amide bonds. The van der Waals surface area contributed by atoms with Crippen molar-refractivity contribution in [3.05, 3.63) is 22.9 Å². The van der Waals surface area contributed by atoms with Gasteiger partial charge in [-0.15, -0.1) is 0 Å². The van der Waals surface area contributed by atoms with Crippen LogP contribution in [0.4, 0.5) is 5.82 Å². The molecule has 0 atom stereocenters. The van der Waals surface area contributed by atoms with Gasteiger partial charge in [0, 0.05) is 19.3 Å². The number of aromatic nitrogens is 1. The number of rotatable bonds is 5. The SMILES string of the molecule is COCCNc1nc(C)cc(C)c1C(N)=S. The molecule has 88 valence electrons. The van der Waals surface area contributed by atoms with Gasteiger partial charge in [-0.2, -0.15) is 0 Å². The minimum absolute atomic E-state index is 0.366. The third kappa shape index (κ3) is 3.15. The van der Waals surface area contributed by atoms with Crippen LogP contribution in [-0.2, 0) is 4.74 Å². The Balaban J connectivity index is 2.99. The predicted octanol–water partition coefficient (Wildman–Crippen LogP) is 1.39. The quantitative estimate of drug-likeness (QED) is 0.600. The summed E-state index contributed by atoms with van der Waals surface area (Å²) in [4.78, 5) is 4.76. The molecule has 0 aliphatic heterocycles. The van der Waals surface area contributed by atoms with Gasteiger partial charge in [-0.25, -0.2) is 4.98 Å². The average molecular weight is 239 g/mol. The maximum Gasteiger partial charge on any atom is 0.136 e. The van der Waals surface area contributed by atoms with Crippen molar-refractivity contribution in [3.8, 4) is 0 Å². The van der Waals surface area contributed by atoms with Crippen LogP contribution in [0.15, 0.2) is 6.07 Å². The summed E-state index contributed by atoms with van der Waals surface area (Å²) in [6.07, 6.45) is 0. The monoisotopic (exact) mass is 239 g/mol. The van der Waals surface area contributed by atoms with Crippen molar-refractivity contribution in [2.75, 3.05) is 25.6 Å². The van der Waals surface area contributed by atoms with E-state index in [4.69, 9.17) is 22.7 Å². The van der Waals surface area contributed by atoms with Gasteiger partial charge in [0.05, 0.1) is 12.2 Å². The molecular weight excluding hydrogens is 222 g/mol. The Kier molecular flexibility index (Phi) is 4.64. The molecule has 0 saturated carbocycles. The number of ether oxygens (including phenoxy) is 1. The smallest absolute Gasteiger partial charge is 0.136 e. The second kappa shape index (κ2) is 5.77. The van der Waals surface area contributed by atoms with Crippen molar-refractivity contribution < 1.29 is 4.74 Å². The third-order valence-electron chi connectivity index (χ3n) is 2.19. The van der Waals surface area contributed by atoms with Gasteiger partial charge in [0.25, 0.3) is 0 Å². The molecule has 0 radical (unpaired) electrons. The number of aryl methyl sites for hydroxylation is 2. The summed E-state index contributed by atoms with van der Waals surface area (Å²) in [5, 5.41) is 3.17. The highest BCUT2D eigenvalue weighted by molar-refractivity contribution is 7.80. The number of methoxy groups -OCH3 is 1. The number of pyridine rings is 1. The molecule has 0 spiro atoms. The minimum Gasteiger partial charge on any atom is -0.389 e. The number of hydrogen-bond acceptors (Lipinski definition) is 4. The molecule has 1 heterocycles. The van der Waals surface area contributed by atoms with Gasteiger partial charge in [0.15, 0.2) is 0 Å². The molecule has 5 heteroatoms. The van der Waals surface area contributed by atoms with Gasteiger partial charge in [-0.1, -0.05) is 12.2 Å². The molecule has 0 aliphatic rings. The summed E-state index contributed by atoms with van der Waals surface area (Å²) in [5.74, 6) is 0.738. The lowest BCUT2D eigenvalue weighted by Crippen LogP contribution is -2.18. The molecule has 0 saturated heterocycles. The van der Waals surface area contributed by atoms with Crippen molar-refractivity contribution in [2.45, 2.75) is 13.8 Å². The van der Waals surface area contributed by atoms with E-state index in [9.17, 15) is 0 Å². The van der Waals surface area contributed by atoms with Crippen LogP contribution in [-0.4, -0.2) is 30.2 Å². The van der Waals surface area contributed by atoms with Crippen LogP contribution in [0, 0.1) is 13.8 Å². The summed E-state index contributed by atoms with van der Waals surface area (Å²) in [6.45, 7) is 5.22. The number of nitrogens with one attached hydrogen (secondary N) is 1. The van der Waals surface area contributed by atoms with E-state index in [0.717, 1.165) is 22.6 Å². The van der Waals surface area contributed by atoms with Crippen molar-refractivity contribution in [1.29, 1.82) is 0 Å². The highest BCUT2D eigenvalue weighted by atomic mass is 32.1. The van der Waals surface area contributed by atoms with Crippen LogP contribution >= 0.6 is 12.2 Å². The maximum atomic E-state index is 5.69. The van der Waals surface area contributed by atoms with Gasteiger partial charge in [-0.05, 0) is 25.5 Å². The second-order valence-electron chi connectivity index (χ2n) is 3.59. The lowest BCUT2D eigenvalue weighted by Gasteiger charge is -2.13. The largest absolute Gasteiger partial charge is 0.389 e. The normalized spacial score (nSPS) is 10.2. The average Bonchev–Trinajstić information content (AvgIpc) is 2.16.